The SMILES string of the molecule is Cc1noc(CN2C(=O)NC(C)(c3ccc(Br)cc3)C2=O)n1. The van der Waals surface area contributed by atoms with Crippen molar-refractivity contribution in [3.63, 3.8) is 0 Å². The molecular formula is C14H13BrN4O3. The third kappa shape index (κ3) is 2.39. The van der Waals surface area contributed by atoms with Crippen molar-refractivity contribution in [1.29, 1.82) is 0 Å². The number of rotatable bonds is 3. The van der Waals surface area contributed by atoms with Gasteiger partial charge in [0.2, 0.25) is 5.89 Å². The van der Waals surface area contributed by atoms with Crippen LogP contribution in [0.15, 0.2) is 33.3 Å². The Balaban J connectivity index is 1.88. The van der Waals surface area contributed by atoms with Gasteiger partial charge in [-0.2, -0.15) is 4.98 Å². The summed E-state index contributed by atoms with van der Waals surface area (Å²) in [7, 11) is 0. The van der Waals surface area contributed by atoms with E-state index in [1.807, 2.05) is 12.1 Å². The Morgan fingerprint density at radius 2 is 2.00 bits per heavy atom. The van der Waals surface area contributed by atoms with Crippen molar-refractivity contribution in [3.05, 3.63) is 46.0 Å². The summed E-state index contributed by atoms with van der Waals surface area (Å²) in [4.78, 5) is 29.9. The van der Waals surface area contributed by atoms with E-state index in [4.69, 9.17) is 4.52 Å². The number of imide groups is 1. The number of halogens is 1. The lowest BCUT2D eigenvalue weighted by Gasteiger charge is -2.22. The molecule has 0 bridgehead atoms. The Morgan fingerprint density at radius 3 is 2.59 bits per heavy atom. The monoisotopic (exact) mass is 364 g/mol. The predicted molar refractivity (Wildman–Crippen MR) is 79.6 cm³/mol. The molecule has 2 heterocycles. The number of amides is 3. The summed E-state index contributed by atoms with van der Waals surface area (Å²) in [5.74, 6) is 0.328. The summed E-state index contributed by atoms with van der Waals surface area (Å²) in [6.45, 7) is 3.30. The number of urea groups is 1. The lowest BCUT2D eigenvalue weighted by Crippen LogP contribution is -2.40. The van der Waals surface area contributed by atoms with E-state index in [9.17, 15) is 9.59 Å². The molecule has 0 saturated carbocycles. The van der Waals surface area contributed by atoms with E-state index in [1.54, 1.807) is 26.0 Å². The first-order valence-corrected chi connectivity index (χ1v) is 7.39. The minimum atomic E-state index is -1.10. The van der Waals surface area contributed by atoms with E-state index >= 15 is 0 Å². The molecule has 8 heteroatoms. The van der Waals surface area contributed by atoms with Gasteiger partial charge in [-0.05, 0) is 31.5 Å². The average molecular weight is 365 g/mol. The predicted octanol–water partition coefficient (Wildman–Crippen LogP) is 2.11. The number of aromatic nitrogens is 2. The summed E-state index contributed by atoms with van der Waals surface area (Å²) in [5.41, 5.74) is -0.398. The number of hydrogen-bond acceptors (Lipinski definition) is 5. The van der Waals surface area contributed by atoms with E-state index in [1.165, 1.54) is 0 Å². The number of carbonyl (C=O) groups excluding carboxylic acids is 2. The molecule has 1 saturated heterocycles. The van der Waals surface area contributed by atoms with Gasteiger partial charge < -0.3 is 9.84 Å². The molecule has 1 aliphatic rings. The number of aryl methyl sites for hydroxylation is 1. The van der Waals surface area contributed by atoms with Crippen LogP contribution in [-0.4, -0.2) is 27.0 Å². The Hall–Kier alpha value is -2.22. The van der Waals surface area contributed by atoms with E-state index < -0.39 is 11.6 Å². The molecule has 1 fully saturated rings. The van der Waals surface area contributed by atoms with Crippen LogP contribution in [0.3, 0.4) is 0 Å². The molecule has 1 aromatic heterocycles. The quantitative estimate of drug-likeness (QED) is 0.842. The van der Waals surface area contributed by atoms with Gasteiger partial charge in [-0.1, -0.05) is 33.2 Å². The highest BCUT2D eigenvalue weighted by molar-refractivity contribution is 9.10. The van der Waals surface area contributed by atoms with E-state index in [2.05, 4.69) is 31.4 Å². The van der Waals surface area contributed by atoms with Gasteiger partial charge in [0.15, 0.2) is 5.82 Å². The maximum absolute atomic E-state index is 12.7. The third-order valence-electron chi connectivity index (χ3n) is 3.56. The molecule has 1 aliphatic heterocycles. The molecule has 0 radical (unpaired) electrons. The van der Waals surface area contributed by atoms with Crippen LogP contribution >= 0.6 is 15.9 Å². The van der Waals surface area contributed by atoms with Crippen molar-refractivity contribution in [1.82, 2.24) is 20.4 Å². The number of hydrogen-bond donors (Lipinski definition) is 1. The molecule has 1 N–H and O–H groups in total. The standard InChI is InChI=1S/C14H13BrN4O3/c1-8-16-11(22-18-8)7-19-12(20)14(2,17-13(19)21)9-3-5-10(15)6-4-9/h3-6H,7H2,1-2H3,(H,17,21). The number of carbonyl (C=O) groups is 2. The van der Waals surface area contributed by atoms with Crippen molar-refractivity contribution in [2.45, 2.75) is 25.9 Å². The molecule has 0 aliphatic carbocycles. The van der Waals surface area contributed by atoms with Crippen LogP contribution < -0.4 is 5.32 Å². The second-order valence-electron chi connectivity index (χ2n) is 5.19. The Bertz CT molecular complexity index is 743. The highest BCUT2D eigenvalue weighted by Crippen LogP contribution is 2.30. The highest BCUT2D eigenvalue weighted by atomic mass is 79.9. The molecule has 2 aromatic rings. The first-order valence-electron chi connectivity index (χ1n) is 6.59. The van der Waals surface area contributed by atoms with Crippen molar-refractivity contribution in [2.24, 2.45) is 0 Å². The molecule has 1 aromatic carbocycles. The van der Waals surface area contributed by atoms with Crippen LogP contribution in [0.2, 0.25) is 0 Å². The molecule has 3 amide bonds. The fourth-order valence-corrected chi connectivity index (χ4v) is 2.62. The lowest BCUT2D eigenvalue weighted by molar-refractivity contribution is -0.131. The number of nitrogens with zero attached hydrogens (tertiary/aromatic N) is 3. The zero-order valence-corrected chi connectivity index (χ0v) is 13.5. The minimum absolute atomic E-state index is 0.0440. The summed E-state index contributed by atoms with van der Waals surface area (Å²) in [6, 6.07) is 6.76. The van der Waals surface area contributed by atoms with Crippen LogP contribution in [0.5, 0.6) is 0 Å². The molecular weight excluding hydrogens is 352 g/mol. The van der Waals surface area contributed by atoms with Crippen LogP contribution in [0.1, 0.15) is 24.2 Å². The highest BCUT2D eigenvalue weighted by Gasteiger charge is 2.49. The maximum Gasteiger partial charge on any atom is 0.325 e. The Kier molecular flexibility index (Phi) is 3.48. The molecule has 1 atom stereocenters. The van der Waals surface area contributed by atoms with Gasteiger partial charge in [0.05, 0.1) is 0 Å². The van der Waals surface area contributed by atoms with Crippen molar-refractivity contribution in [3.8, 4) is 0 Å². The van der Waals surface area contributed by atoms with Gasteiger partial charge in [0.1, 0.15) is 12.1 Å². The van der Waals surface area contributed by atoms with Gasteiger partial charge >= 0.3 is 6.03 Å². The fourth-order valence-electron chi connectivity index (χ4n) is 2.36. The summed E-state index contributed by atoms with van der Waals surface area (Å²) in [6.07, 6.45) is 0. The van der Waals surface area contributed by atoms with Gasteiger partial charge in [0.25, 0.3) is 5.91 Å². The molecule has 3 rings (SSSR count). The summed E-state index contributed by atoms with van der Waals surface area (Å²) in [5, 5.41) is 6.38. The van der Waals surface area contributed by atoms with E-state index in [-0.39, 0.29) is 18.3 Å². The van der Waals surface area contributed by atoms with Crippen molar-refractivity contribution >= 4 is 27.9 Å². The van der Waals surface area contributed by atoms with Crippen LogP contribution in [0.25, 0.3) is 0 Å². The zero-order valence-electron chi connectivity index (χ0n) is 12.0. The molecule has 114 valence electrons. The lowest BCUT2D eigenvalue weighted by atomic mass is 9.92. The van der Waals surface area contributed by atoms with Crippen LogP contribution in [-0.2, 0) is 16.9 Å². The normalized spacial score (nSPS) is 21.3. The summed E-state index contributed by atoms with van der Waals surface area (Å²) >= 11 is 3.35. The second kappa shape index (κ2) is 5.20. The van der Waals surface area contributed by atoms with Crippen molar-refractivity contribution in [2.75, 3.05) is 0 Å². The number of nitrogens with one attached hydrogen (secondary N) is 1. The van der Waals surface area contributed by atoms with Gasteiger partial charge in [-0.15, -0.1) is 0 Å². The summed E-state index contributed by atoms with van der Waals surface area (Å²) < 4.78 is 5.87. The van der Waals surface area contributed by atoms with Gasteiger partial charge in [-0.3, -0.25) is 9.69 Å². The molecule has 7 nitrogen and oxygen atoms in total. The first-order chi connectivity index (χ1) is 10.4. The Labute approximate surface area is 134 Å². The largest absolute Gasteiger partial charge is 0.337 e. The second-order valence-corrected chi connectivity index (χ2v) is 6.10. The molecule has 22 heavy (non-hydrogen) atoms. The fraction of sp³-hybridized carbons (Fsp3) is 0.286. The van der Waals surface area contributed by atoms with E-state index in [0.29, 0.717) is 11.4 Å². The topological polar surface area (TPSA) is 88.3 Å². The maximum atomic E-state index is 12.7. The third-order valence-corrected chi connectivity index (χ3v) is 4.09. The Morgan fingerprint density at radius 1 is 1.32 bits per heavy atom. The van der Waals surface area contributed by atoms with Crippen molar-refractivity contribution < 1.29 is 14.1 Å². The van der Waals surface area contributed by atoms with Crippen LogP contribution in [0.4, 0.5) is 4.79 Å². The molecule has 0 spiro atoms. The van der Waals surface area contributed by atoms with Gasteiger partial charge in [-0.25, -0.2) is 4.79 Å². The minimum Gasteiger partial charge on any atom is -0.337 e. The average Bonchev–Trinajstić information content (AvgIpc) is 2.97. The van der Waals surface area contributed by atoms with Crippen LogP contribution in [0, 0.1) is 6.92 Å². The smallest absolute Gasteiger partial charge is 0.325 e. The van der Waals surface area contributed by atoms with E-state index in [0.717, 1.165) is 9.37 Å². The number of benzene rings is 1. The first kappa shape index (κ1) is 14.7. The molecule has 1 unspecified atom stereocenters. The zero-order chi connectivity index (χ0) is 15.9. The van der Waals surface area contributed by atoms with Gasteiger partial charge in [0, 0.05) is 4.47 Å².